The minimum atomic E-state index is -0.706. The van der Waals surface area contributed by atoms with E-state index in [1.807, 2.05) is 69.8 Å². The molecule has 2 aromatic heterocycles. The van der Waals surface area contributed by atoms with Gasteiger partial charge in [-0.05, 0) is 77.6 Å². The van der Waals surface area contributed by atoms with E-state index in [0.717, 1.165) is 47.9 Å². The molecule has 1 atom stereocenters. The van der Waals surface area contributed by atoms with Crippen molar-refractivity contribution >= 4 is 28.6 Å². The topological polar surface area (TPSA) is 78.3 Å². The van der Waals surface area contributed by atoms with Crippen molar-refractivity contribution in [2.24, 2.45) is 0 Å². The molecular weight excluding hydrogens is 440 g/mol. The van der Waals surface area contributed by atoms with Crippen LogP contribution in [0.15, 0.2) is 36.7 Å². The number of benzene rings is 1. The van der Waals surface area contributed by atoms with Gasteiger partial charge in [-0.2, -0.15) is 5.10 Å². The molecule has 0 bridgehead atoms. The van der Waals surface area contributed by atoms with Crippen LogP contribution < -0.4 is 5.32 Å². The molecule has 1 aliphatic heterocycles. The first-order valence-electron chi connectivity index (χ1n) is 11.3. The van der Waals surface area contributed by atoms with Crippen molar-refractivity contribution in [2.75, 3.05) is 6.61 Å². The van der Waals surface area contributed by atoms with E-state index in [4.69, 9.17) is 21.1 Å². The molecule has 0 spiro atoms. The molecule has 1 fully saturated rings. The highest BCUT2D eigenvalue weighted by Crippen LogP contribution is 2.32. The molecule has 7 nitrogen and oxygen atoms in total. The van der Waals surface area contributed by atoms with Gasteiger partial charge < -0.3 is 14.8 Å². The molecule has 0 radical (unpaired) electrons. The number of halogens is 1. The Kier molecular flexibility index (Phi) is 6.38. The summed E-state index contributed by atoms with van der Waals surface area (Å²) in [5, 5.41) is 9.09. The zero-order valence-electron chi connectivity index (χ0n) is 19.8. The quantitative estimate of drug-likeness (QED) is 0.490. The van der Waals surface area contributed by atoms with Crippen LogP contribution in [-0.4, -0.2) is 33.1 Å². The number of nitrogens with zero attached hydrogens (tertiary/aromatic N) is 3. The molecule has 176 valence electrons. The number of fused-ring (bicyclic) bond motifs is 1. The van der Waals surface area contributed by atoms with Gasteiger partial charge in [0.25, 0.3) is 0 Å². The summed E-state index contributed by atoms with van der Waals surface area (Å²) in [5.74, 6) is 0. The molecule has 1 saturated heterocycles. The van der Waals surface area contributed by atoms with E-state index in [0.29, 0.717) is 10.7 Å². The van der Waals surface area contributed by atoms with Crippen LogP contribution in [0, 0.1) is 0 Å². The first-order valence-corrected chi connectivity index (χ1v) is 11.7. The maximum atomic E-state index is 12.3. The highest BCUT2D eigenvalue weighted by Gasteiger charge is 2.27. The number of alkyl carbamates (subject to hydrolysis) is 1. The summed E-state index contributed by atoms with van der Waals surface area (Å²) in [4.78, 5) is 16.9. The summed E-state index contributed by atoms with van der Waals surface area (Å²) < 4.78 is 13.2. The minimum Gasteiger partial charge on any atom is -0.444 e. The highest BCUT2D eigenvalue weighted by molar-refractivity contribution is 6.33. The van der Waals surface area contributed by atoms with Crippen molar-refractivity contribution in [1.29, 1.82) is 0 Å². The Morgan fingerprint density at radius 2 is 2.00 bits per heavy atom. The second-order valence-electron chi connectivity index (χ2n) is 10.0. The summed E-state index contributed by atoms with van der Waals surface area (Å²) in [6, 6.07) is 7.83. The molecule has 1 aliphatic rings. The molecule has 1 amide bonds. The number of aromatic nitrogens is 3. The Morgan fingerprint density at radius 1 is 1.21 bits per heavy atom. The van der Waals surface area contributed by atoms with Crippen molar-refractivity contribution in [3.05, 3.63) is 47.2 Å². The van der Waals surface area contributed by atoms with Crippen molar-refractivity contribution in [1.82, 2.24) is 20.1 Å². The average Bonchev–Trinajstić information content (AvgIpc) is 3.16. The molecule has 3 heterocycles. The molecule has 1 aromatic carbocycles. The van der Waals surface area contributed by atoms with Crippen LogP contribution in [0.4, 0.5) is 4.79 Å². The van der Waals surface area contributed by atoms with E-state index in [2.05, 4.69) is 15.4 Å². The first kappa shape index (κ1) is 23.5. The summed E-state index contributed by atoms with van der Waals surface area (Å²) in [5.41, 5.74) is 1.99. The van der Waals surface area contributed by atoms with Gasteiger partial charge in [0.15, 0.2) is 0 Å². The lowest BCUT2D eigenvalue weighted by molar-refractivity contribution is -0.0390. The highest BCUT2D eigenvalue weighted by atomic mass is 35.5. The normalized spacial score (nSPS) is 17.2. The summed E-state index contributed by atoms with van der Waals surface area (Å²) in [6.07, 6.45) is 6.49. The van der Waals surface area contributed by atoms with Crippen molar-refractivity contribution in [2.45, 2.75) is 71.2 Å². The van der Waals surface area contributed by atoms with Gasteiger partial charge in [-0.3, -0.25) is 4.98 Å². The second-order valence-corrected chi connectivity index (χ2v) is 10.4. The van der Waals surface area contributed by atoms with E-state index in [1.165, 1.54) is 0 Å². The van der Waals surface area contributed by atoms with E-state index >= 15 is 0 Å². The van der Waals surface area contributed by atoms with Gasteiger partial charge in [-0.25, -0.2) is 9.48 Å². The van der Waals surface area contributed by atoms with E-state index in [-0.39, 0.29) is 6.23 Å². The van der Waals surface area contributed by atoms with Crippen LogP contribution in [0.1, 0.15) is 65.7 Å². The summed E-state index contributed by atoms with van der Waals surface area (Å²) in [7, 11) is 0. The van der Waals surface area contributed by atoms with Crippen molar-refractivity contribution in [3.8, 4) is 11.3 Å². The van der Waals surface area contributed by atoms with Gasteiger partial charge in [0, 0.05) is 30.0 Å². The monoisotopic (exact) mass is 470 g/mol. The fourth-order valence-corrected chi connectivity index (χ4v) is 4.17. The van der Waals surface area contributed by atoms with Crippen LogP contribution >= 0.6 is 11.6 Å². The number of carbonyl (C=O) groups is 1. The van der Waals surface area contributed by atoms with Crippen LogP contribution in [0.25, 0.3) is 22.2 Å². The molecule has 3 aromatic rings. The maximum Gasteiger partial charge on any atom is 0.408 e. The van der Waals surface area contributed by atoms with Gasteiger partial charge in [0.1, 0.15) is 11.8 Å². The van der Waals surface area contributed by atoms with E-state index in [9.17, 15) is 4.79 Å². The second kappa shape index (κ2) is 8.95. The average molecular weight is 471 g/mol. The third kappa shape index (κ3) is 5.47. The molecule has 1 unspecified atom stereocenters. The Hall–Kier alpha value is -2.64. The van der Waals surface area contributed by atoms with E-state index in [1.54, 1.807) is 6.20 Å². The SMILES string of the molecule is CC(C)(C)OC(=O)NC(C)(C)c1cnc(-c2ccc3nn(C4CCCCO4)cc3c2)c(Cl)c1. The Bertz CT molecular complexity index is 1160. The number of hydrogen-bond donors (Lipinski definition) is 1. The van der Waals surface area contributed by atoms with Gasteiger partial charge in [-0.15, -0.1) is 0 Å². The zero-order chi connectivity index (χ0) is 23.8. The molecule has 1 N–H and O–H groups in total. The van der Waals surface area contributed by atoms with Gasteiger partial charge in [0.05, 0.1) is 21.8 Å². The third-order valence-electron chi connectivity index (χ3n) is 5.62. The van der Waals surface area contributed by atoms with Crippen LogP contribution in [0.5, 0.6) is 0 Å². The maximum absolute atomic E-state index is 12.3. The molecule has 0 saturated carbocycles. The largest absolute Gasteiger partial charge is 0.444 e. The van der Waals surface area contributed by atoms with Crippen LogP contribution in [0.3, 0.4) is 0 Å². The van der Waals surface area contributed by atoms with Gasteiger partial charge >= 0.3 is 6.09 Å². The van der Waals surface area contributed by atoms with Crippen LogP contribution in [0.2, 0.25) is 5.02 Å². The first-order chi connectivity index (χ1) is 15.5. The predicted molar refractivity (Wildman–Crippen MR) is 129 cm³/mol. The summed E-state index contributed by atoms with van der Waals surface area (Å²) in [6.45, 7) is 10.0. The Balaban J connectivity index is 1.56. The number of hydrogen-bond acceptors (Lipinski definition) is 5. The van der Waals surface area contributed by atoms with Crippen molar-refractivity contribution < 1.29 is 14.3 Å². The fourth-order valence-electron chi connectivity index (χ4n) is 3.90. The number of amides is 1. The minimum absolute atomic E-state index is 0.00435. The van der Waals surface area contributed by atoms with Gasteiger partial charge in [0.2, 0.25) is 0 Å². The molecule has 4 rings (SSSR count). The number of rotatable bonds is 4. The van der Waals surface area contributed by atoms with Gasteiger partial charge in [-0.1, -0.05) is 17.7 Å². The Labute approximate surface area is 199 Å². The standard InChI is InChI=1S/C25H31ClN4O3/c1-24(2,3)33-23(31)28-25(4,5)18-13-19(26)22(27-14-18)16-9-10-20-17(12-16)15-30(29-20)21-8-6-7-11-32-21/h9-10,12-15,21H,6-8,11H2,1-5H3,(H,28,31). The molecule has 8 heteroatoms. The zero-order valence-corrected chi connectivity index (χ0v) is 20.6. The predicted octanol–water partition coefficient (Wildman–Crippen LogP) is 6.21. The molecule has 33 heavy (non-hydrogen) atoms. The third-order valence-corrected chi connectivity index (χ3v) is 5.91. The number of pyridine rings is 1. The van der Waals surface area contributed by atoms with E-state index < -0.39 is 17.2 Å². The fraction of sp³-hybridized carbons (Fsp3) is 0.480. The lowest BCUT2D eigenvalue weighted by atomic mass is 9.95. The number of nitrogens with one attached hydrogen (secondary N) is 1. The summed E-state index contributed by atoms with van der Waals surface area (Å²) >= 11 is 6.64. The number of carbonyl (C=O) groups excluding carboxylic acids is 1. The van der Waals surface area contributed by atoms with Crippen LogP contribution in [-0.2, 0) is 15.0 Å². The van der Waals surface area contributed by atoms with Crippen molar-refractivity contribution in [3.63, 3.8) is 0 Å². The number of ether oxygens (including phenoxy) is 2. The lowest BCUT2D eigenvalue weighted by Gasteiger charge is -2.29. The molecule has 0 aliphatic carbocycles. The Morgan fingerprint density at radius 3 is 2.67 bits per heavy atom. The smallest absolute Gasteiger partial charge is 0.408 e. The molecular formula is C25H31ClN4O3. The lowest BCUT2D eigenvalue weighted by Crippen LogP contribution is -2.43.